The van der Waals surface area contributed by atoms with Crippen molar-refractivity contribution in [2.24, 2.45) is 0 Å². The van der Waals surface area contributed by atoms with Crippen LogP contribution in [0.1, 0.15) is 49.9 Å². The Labute approximate surface area is 338 Å². The summed E-state index contributed by atoms with van der Waals surface area (Å²) in [4.78, 5) is 10.8. The SMILES string of the molecule is CC1(C)c2ccccc2-c2nc3ccc4ccccc4c3c(-c3ccc(-c4ccc(-c5c6c(nc7ccc8ccccc8c57)-c5ccccc5C6(C)C)cc4)cc3)c21. The highest BCUT2D eigenvalue weighted by atomic mass is 14.7. The number of hydrogen-bond donors (Lipinski definition) is 0. The van der Waals surface area contributed by atoms with Crippen LogP contribution >= 0.6 is 0 Å². The zero-order valence-electron chi connectivity index (χ0n) is 33.1. The van der Waals surface area contributed by atoms with Crippen LogP contribution in [0.3, 0.4) is 0 Å². The highest BCUT2D eigenvalue weighted by Gasteiger charge is 2.41. The van der Waals surface area contributed by atoms with Gasteiger partial charge < -0.3 is 0 Å². The molecule has 0 aliphatic heterocycles. The van der Waals surface area contributed by atoms with Crippen molar-refractivity contribution < 1.29 is 0 Å². The number of hydrogen-bond acceptors (Lipinski definition) is 2. The fourth-order valence-corrected chi connectivity index (χ4v) is 10.7. The third-order valence-electron chi connectivity index (χ3n) is 13.4. The Morgan fingerprint density at radius 3 is 1.14 bits per heavy atom. The minimum Gasteiger partial charge on any atom is -0.247 e. The van der Waals surface area contributed by atoms with E-state index in [4.69, 9.17) is 9.97 Å². The zero-order chi connectivity index (χ0) is 38.9. The Kier molecular flexibility index (Phi) is 6.78. The van der Waals surface area contributed by atoms with Crippen molar-refractivity contribution in [3.05, 3.63) is 192 Å². The number of pyridine rings is 2. The van der Waals surface area contributed by atoms with Crippen molar-refractivity contribution in [3.63, 3.8) is 0 Å². The summed E-state index contributed by atoms with van der Waals surface area (Å²) in [5.74, 6) is 0. The van der Waals surface area contributed by atoms with Crippen molar-refractivity contribution in [1.29, 1.82) is 0 Å². The van der Waals surface area contributed by atoms with Gasteiger partial charge in [-0.15, -0.1) is 0 Å². The van der Waals surface area contributed by atoms with Gasteiger partial charge in [0.2, 0.25) is 0 Å². The van der Waals surface area contributed by atoms with Crippen molar-refractivity contribution in [2.45, 2.75) is 38.5 Å². The monoisotopic (exact) mass is 740 g/mol. The molecule has 0 bridgehead atoms. The smallest absolute Gasteiger partial charge is 0.0759 e. The molecule has 2 aromatic heterocycles. The van der Waals surface area contributed by atoms with E-state index in [0.29, 0.717) is 0 Å². The largest absolute Gasteiger partial charge is 0.247 e. The first-order valence-corrected chi connectivity index (χ1v) is 20.4. The highest BCUT2D eigenvalue weighted by Crippen LogP contribution is 2.55. The van der Waals surface area contributed by atoms with Crippen molar-refractivity contribution in [1.82, 2.24) is 9.97 Å². The van der Waals surface area contributed by atoms with Gasteiger partial charge in [-0.1, -0.05) is 185 Å². The van der Waals surface area contributed by atoms with Gasteiger partial charge in [0.05, 0.1) is 22.4 Å². The fraction of sp³-hybridized carbons (Fsp3) is 0.107. The second-order valence-corrected chi connectivity index (χ2v) is 17.3. The van der Waals surface area contributed by atoms with Crippen molar-refractivity contribution >= 4 is 43.4 Å². The number of rotatable bonds is 3. The van der Waals surface area contributed by atoms with Gasteiger partial charge in [-0.05, 0) is 89.3 Å². The molecule has 0 amide bonds. The third kappa shape index (κ3) is 4.49. The molecule has 2 heteroatoms. The van der Waals surface area contributed by atoms with E-state index in [9.17, 15) is 0 Å². The molecule has 0 fully saturated rings. The van der Waals surface area contributed by atoms with E-state index in [1.807, 2.05) is 0 Å². The number of benzene rings is 8. The van der Waals surface area contributed by atoms with Crippen LogP contribution in [-0.4, -0.2) is 9.97 Å². The Hall–Kier alpha value is -6.90. The second-order valence-electron chi connectivity index (χ2n) is 17.3. The molecule has 0 N–H and O–H groups in total. The maximum atomic E-state index is 5.40. The lowest BCUT2D eigenvalue weighted by Crippen LogP contribution is -2.17. The summed E-state index contributed by atoms with van der Waals surface area (Å²) >= 11 is 0. The van der Waals surface area contributed by atoms with Gasteiger partial charge in [0.25, 0.3) is 0 Å². The molecule has 0 atom stereocenters. The van der Waals surface area contributed by atoms with Crippen LogP contribution in [0.4, 0.5) is 0 Å². The highest BCUT2D eigenvalue weighted by molar-refractivity contribution is 6.17. The third-order valence-corrected chi connectivity index (χ3v) is 13.4. The lowest BCUT2D eigenvalue weighted by Gasteiger charge is -2.26. The predicted octanol–water partition coefficient (Wildman–Crippen LogP) is 14.7. The zero-order valence-corrected chi connectivity index (χ0v) is 33.1. The summed E-state index contributed by atoms with van der Waals surface area (Å²) in [5.41, 5.74) is 19.0. The molecule has 0 saturated heterocycles. The molecule has 274 valence electrons. The molecule has 2 aliphatic carbocycles. The van der Waals surface area contributed by atoms with Gasteiger partial charge in [-0.25, -0.2) is 9.97 Å². The topological polar surface area (TPSA) is 25.8 Å². The Morgan fingerprint density at radius 2 is 0.707 bits per heavy atom. The standard InChI is InChI=1S/C56H40N2/c1-55(2)43-19-11-9-17-41(43)53-51(55)47(49-39-15-7-5-13-35(39)29-31-45(49)57-53)37-25-21-33(22-26-37)34-23-27-38(28-24-34)48-50-40-16-8-6-14-36(40)30-32-46(50)58-54-42-18-10-12-20-44(42)56(3,4)52(48)54/h5-32H,1-4H3. The lowest BCUT2D eigenvalue weighted by atomic mass is 9.77. The molecule has 2 heterocycles. The van der Waals surface area contributed by atoms with Crippen LogP contribution in [-0.2, 0) is 10.8 Å². The predicted molar refractivity (Wildman–Crippen MR) is 243 cm³/mol. The first-order chi connectivity index (χ1) is 28.3. The average Bonchev–Trinajstić information content (AvgIpc) is 3.64. The van der Waals surface area contributed by atoms with Crippen molar-refractivity contribution in [2.75, 3.05) is 0 Å². The summed E-state index contributed by atoms with van der Waals surface area (Å²) < 4.78 is 0. The Bertz CT molecular complexity index is 3140. The Balaban J connectivity index is 1.02. The average molecular weight is 741 g/mol. The molecule has 10 aromatic rings. The quantitative estimate of drug-likeness (QED) is 0.169. The van der Waals surface area contributed by atoms with E-state index >= 15 is 0 Å². The molecule has 0 unspecified atom stereocenters. The van der Waals surface area contributed by atoms with Crippen molar-refractivity contribution in [3.8, 4) is 55.9 Å². The van der Waals surface area contributed by atoms with Gasteiger partial charge in [-0.3, -0.25) is 0 Å². The summed E-state index contributed by atoms with van der Waals surface area (Å²) in [6.45, 7) is 9.44. The molecule has 0 spiro atoms. The van der Waals surface area contributed by atoms with Crippen LogP contribution in [0.25, 0.3) is 99.2 Å². The van der Waals surface area contributed by atoms with E-state index in [1.165, 1.54) is 99.1 Å². The number of fused-ring (bicyclic) bond motifs is 12. The maximum Gasteiger partial charge on any atom is 0.0759 e. The minimum absolute atomic E-state index is 0.202. The van der Waals surface area contributed by atoms with Crippen LogP contribution in [0, 0.1) is 0 Å². The molecule has 0 saturated carbocycles. The van der Waals surface area contributed by atoms with Crippen LogP contribution in [0.15, 0.2) is 170 Å². The molecule has 58 heavy (non-hydrogen) atoms. The fourth-order valence-electron chi connectivity index (χ4n) is 10.7. The summed E-state index contributed by atoms with van der Waals surface area (Å²) in [6, 6.07) is 62.5. The molecule has 12 rings (SSSR count). The summed E-state index contributed by atoms with van der Waals surface area (Å²) in [5, 5.41) is 7.40. The maximum absolute atomic E-state index is 5.40. The van der Waals surface area contributed by atoms with Gasteiger partial charge >= 0.3 is 0 Å². The summed E-state index contributed by atoms with van der Waals surface area (Å²) in [6.07, 6.45) is 0. The van der Waals surface area contributed by atoms with E-state index in [1.54, 1.807) is 0 Å². The molecule has 2 aliphatic rings. The van der Waals surface area contributed by atoms with Crippen LogP contribution in [0.2, 0.25) is 0 Å². The van der Waals surface area contributed by atoms with Crippen LogP contribution < -0.4 is 0 Å². The lowest BCUT2D eigenvalue weighted by molar-refractivity contribution is 0.661. The summed E-state index contributed by atoms with van der Waals surface area (Å²) in [7, 11) is 0. The molecular formula is C56H40N2. The normalized spacial score (nSPS) is 14.5. The first-order valence-electron chi connectivity index (χ1n) is 20.4. The molecule has 0 radical (unpaired) electrons. The van der Waals surface area contributed by atoms with E-state index in [0.717, 1.165) is 22.4 Å². The minimum atomic E-state index is -0.202. The molecule has 2 nitrogen and oxygen atoms in total. The van der Waals surface area contributed by atoms with Gasteiger partial charge in [0.1, 0.15) is 0 Å². The van der Waals surface area contributed by atoms with E-state index < -0.39 is 0 Å². The molecule has 8 aromatic carbocycles. The second kappa shape index (κ2) is 11.8. The Morgan fingerprint density at radius 1 is 0.345 bits per heavy atom. The van der Waals surface area contributed by atoms with E-state index in [-0.39, 0.29) is 10.8 Å². The van der Waals surface area contributed by atoms with Gasteiger partial charge in [0.15, 0.2) is 0 Å². The van der Waals surface area contributed by atoms with Crippen LogP contribution in [0.5, 0.6) is 0 Å². The number of nitrogens with zero attached hydrogens (tertiary/aromatic N) is 2. The van der Waals surface area contributed by atoms with Gasteiger partial charge in [0, 0.05) is 32.7 Å². The number of aromatic nitrogens is 2. The molecular weight excluding hydrogens is 701 g/mol. The van der Waals surface area contributed by atoms with Gasteiger partial charge in [-0.2, -0.15) is 0 Å². The van der Waals surface area contributed by atoms with E-state index in [2.05, 4.69) is 198 Å². The first kappa shape index (κ1) is 33.3.